The number of ether oxygens (including phenoxy) is 1. The maximum absolute atomic E-state index is 12.6. The van der Waals surface area contributed by atoms with Crippen LogP contribution in [0.4, 0.5) is 0 Å². The first-order valence-corrected chi connectivity index (χ1v) is 8.03. The Morgan fingerprint density at radius 2 is 2.08 bits per heavy atom. The van der Waals surface area contributed by atoms with Gasteiger partial charge in [-0.15, -0.1) is 0 Å². The molecule has 1 aliphatic rings. The molecule has 0 atom stereocenters. The molecular weight excluding hydrogens is 302 g/mol. The molecule has 1 fully saturated rings. The van der Waals surface area contributed by atoms with E-state index in [-0.39, 0.29) is 12.0 Å². The van der Waals surface area contributed by atoms with Crippen LogP contribution >= 0.6 is 0 Å². The molecule has 1 aliphatic carbocycles. The van der Waals surface area contributed by atoms with Gasteiger partial charge in [-0.2, -0.15) is 5.26 Å². The highest BCUT2D eigenvalue weighted by molar-refractivity contribution is 5.94. The highest BCUT2D eigenvalue weighted by atomic mass is 16.5. The van der Waals surface area contributed by atoms with Crippen molar-refractivity contribution in [1.29, 1.82) is 5.26 Å². The Kier molecular flexibility index (Phi) is 4.76. The number of carbonyl (C=O) groups excluding carboxylic acids is 1. The summed E-state index contributed by atoms with van der Waals surface area (Å²) in [5.74, 6) is 0.428. The van der Waals surface area contributed by atoms with Crippen molar-refractivity contribution < 1.29 is 9.53 Å². The van der Waals surface area contributed by atoms with Crippen molar-refractivity contribution in [1.82, 2.24) is 9.88 Å². The molecule has 0 bridgehead atoms. The Bertz CT molecular complexity index is 761. The van der Waals surface area contributed by atoms with Crippen LogP contribution in [0.2, 0.25) is 0 Å². The fourth-order valence-corrected chi connectivity index (χ4v) is 2.52. The number of nitrogens with zero attached hydrogens (tertiary/aromatic N) is 3. The van der Waals surface area contributed by atoms with Crippen molar-refractivity contribution in [2.75, 3.05) is 7.05 Å². The van der Waals surface area contributed by atoms with Crippen molar-refractivity contribution in [3.8, 4) is 11.9 Å². The van der Waals surface area contributed by atoms with Crippen molar-refractivity contribution in [3.05, 3.63) is 59.3 Å². The molecule has 0 N–H and O–H groups in total. The van der Waals surface area contributed by atoms with Gasteiger partial charge in [0, 0.05) is 31.4 Å². The largest absolute Gasteiger partial charge is 0.474 e. The SMILES string of the molecule is CN(Cc1ccc(C#N)cc1)C(=O)c1ccnc(OC2CCC2)c1. The predicted molar refractivity (Wildman–Crippen MR) is 89.5 cm³/mol. The Morgan fingerprint density at radius 3 is 2.71 bits per heavy atom. The van der Waals surface area contributed by atoms with Gasteiger partial charge in [0.1, 0.15) is 6.10 Å². The summed E-state index contributed by atoms with van der Waals surface area (Å²) in [5, 5.41) is 8.83. The van der Waals surface area contributed by atoms with Gasteiger partial charge in [0.15, 0.2) is 0 Å². The number of aromatic nitrogens is 1. The quantitative estimate of drug-likeness (QED) is 0.848. The lowest BCUT2D eigenvalue weighted by molar-refractivity contribution is 0.0782. The average molecular weight is 321 g/mol. The second-order valence-electron chi connectivity index (χ2n) is 6.02. The summed E-state index contributed by atoms with van der Waals surface area (Å²) in [5.41, 5.74) is 2.15. The van der Waals surface area contributed by atoms with E-state index in [1.165, 1.54) is 6.42 Å². The number of rotatable bonds is 5. The number of carbonyl (C=O) groups is 1. The van der Waals surface area contributed by atoms with Gasteiger partial charge >= 0.3 is 0 Å². The van der Waals surface area contributed by atoms with E-state index >= 15 is 0 Å². The van der Waals surface area contributed by atoms with Gasteiger partial charge in [-0.1, -0.05) is 12.1 Å². The molecule has 2 aromatic rings. The van der Waals surface area contributed by atoms with Crippen LogP contribution in [0.3, 0.4) is 0 Å². The van der Waals surface area contributed by atoms with Crippen LogP contribution in [0.15, 0.2) is 42.6 Å². The van der Waals surface area contributed by atoms with Gasteiger partial charge < -0.3 is 9.64 Å². The molecule has 0 spiro atoms. The van der Waals surface area contributed by atoms with E-state index in [1.807, 2.05) is 12.1 Å². The van der Waals surface area contributed by atoms with Crippen LogP contribution in [-0.2, 0) is 6.54 Å². The van der Waals surface area contributed by atoms with Crippen LogP contribution in [0.25, 0.3) is 0 Å². The van der Waals surface area contributed by atoms with Gasteiger partial charge in [0.25, 0.3) is 5.91 Å². The summed E-state index contributed by atoms with van der Waals surface area (Å²) < 4.78 is 5.75. The maximum atomic E-state index is 12.6. The van der Waals surface area contributed by atoms with E-state index in [9.17, 15) is 4.79 Å². The Labute approximate surface area is 141 Å². The summed E-state index contributed by atoms with van der Waals surface area (Å²) in [6.07, 6.45) is 5.14. The fraction of sp³-hybridized carbons (Fsp3) is 0.316. The first-order chi connectivity index (χ1) is 11.7. The topological polar surface area (TPSA) is 66.2 Å². The zero-order chi connectivity index (χ0) is 16.9. The Hall–Kier alpha value is -2.87. The minimum atomic E-state index is -0.0831. The number of pyridine rings is 1. The Morgan fingerprint density at radius 1 is 1.33 bits per heavy atom. The van der Waals surface area contributed by atoms with E-state index in [0.717, 1.165) is 18.4 Å². The highest BCUT2D eigenvalue weighted by Crippen LogP contribution is 2.24. The monoisotopic (exact) mass is 321 g/mol. The molecule has 5 nitrogen and oxygen atoms in total. The molecule has 24 heavy (non-hydrogen) atoms. The van der Waals surface area contributed by atoms with E-state index in [0.29, 0.717) is 23.6 Å². The van der Waals surface area contributed by atoms with Gasteiger partial charge in [0.05, 0.1) is 11.6 Å². The van der Waals surface area contributed by atoms with Gasteiger partial charge in [-0.05, 0) is 43.0 Å². The van der Waals surface area contributed by atoms with Crippen LogP contribution in [0.5, 0.6) is 5.88 Å². The van der Waals surface area contributed by atoms with Crippen LogP contribution < -0.4 is 4.74 Å². The predicted octanol–water partition coefficient (Wildman–Crippen LogP) is 3.16. The van der Waals surface area contributed by atoms with E-state index < -0.39 is 0 Å². The third-order valence-corrected chi connectivity index (χ3v) is 4.17. The first kappa shape index (κ1) is 16.0. The normalized spacial score (nSPS) is 13.7. The maximum Gasteiger partial charge on any atom is 0.254 e. The number of amides is 1. The fourth-order valence-electron chi connectivity index (χ4n) is 2.52. The lowest BCUT2D eigenvalue weighted by atomic mass is 9.96. The molecule has 0 unspecified atom stereocenters. The zero-order valence-electron chi connectivity index (χ0n) is 13.6. The zero-order valence-corrected chi connectivity index (χ0v) is 13.6. The average Bonchev–Trinajstić information content (AvgIpc) is 2.58. The lowest BCUT2D eigenvalue weighted by Gasteiger charge is -2.26. The molecule has 0 saturated heterocycles. The second-order valence-corrected chi connectivity index (χ2v) is 6.02. The number of hydrogen-bond donors (Lipinski definition) is 0. The molecule has 1 amide bonds. The van der Waals surface area contributed by atoms with Crippen molar-refractivity contribution in [2.24, 2.45) is 0 Å². The van der Waals surface area contributed by atoms with Gasteiger partial charge in [-0.25, -0.2) is 4.98 Å². The number of nitriles is 1. The smallest absolute Gasteiger partial charge is 0.254 e. The minimum absolute atomic E-state index is 0.0831. The second kappa shape index (κ2) is 7.14. The van der Waals surface area contributed by atoms with Gasteiger partial charge in [0.2, 0.25) is 5.88 Å². The Balaban J connectivity index is 1.65. The summed E-state index contributed by atoms with van der Waals surface area (Å²) in [4.78, 5) is 18.4. The molecule has 3 rings (SSSR count). The van der Waals surface area contributed by atoms with Crippen molar-refractivity contribution in [3.63, 3.8) is 0 Å². The van der Waals surface area contributed by atoms with Crippen molar-refractivity contribution >= 4 is 5.91 Å². The molecule has 0 aliphatic heterocycles. The van der Waals surface area contributed by atoms with Crippen LogP contribution in [-0.4, -0.2) is 28.9 Å². The van der Waals surface area contributed by atoms with Gasteiger partial charge in [-0.3, -0.25) is 4.79 Å². The molecule has 122 valence electrons. The highest BCUT2D eigenvalue weighted by Gasteiger charge is 2.20. The molecule has 5 heteroatoms. The minimum Gasteiger partial charge on any atom is -0.474 e. The summed E-state index contributed by atoms with van der Waals surface area (Å²) in [7, 11) is 1.76. The molecular formula is C19H19N3O2. The first-order valence-electron chi connectivity index (χ1n) is 8.03. The molecule has 1 saturated carbocycles. The molecule has 1 heterocycles. The van der Waals surface area contributed by atoms with E-state index in [4.69, 9.17) is 10.00 Å². The molecule has 1 aromatic heterocycles. The van der Waals surface area contributed by atoms with Crippen molar-refractivity contribution in [2.45, 2.75) is 31.9 Å². The third kappa shape index (κ3) is 3.72. The number of benzene rings is 1. The van der Waals surface area contributed by atoms with E-state index in [1.54, 1.807) is 42.4 Å². The number of hydrogen-bond acceptors (Lipinski definition) is 4. The molecule has 0 radical (unpaired) electrons. The van der Waals surface area contributed by atoms with Crippen LogP contribution in [0, 0.1) is 11.3 Å². The van der Waals surface area contributed by atoms with Crippen LogP contribution in [0.1, 0.15) is 40.7 Å². The third-order valence-electron chi connectivity index (χ3n) is 4.17. The molecule has 1 aromatic carbocycles. The summed E-state index contributed by atoms with van der Waals surface area (Å²) >= 11 is 0. The summed E-state index contributed by atoms with van der Waals surface area (Å²) in [6, 6.07) is 12.7. The lowest BCUT2D eigenvalue weighted by Crippen LogP contribution is -2.27. The van der Waals surface area contributed by atoms with E-state index in [2.05, 4.69) is 11.1 Å². The summed E-state index contributed by atoms with van der Waals surface area (Å²) in [6.45, 7) is 0.478. The standard InChI is InChI=1S/C19H19N3O2/c1-22(13-15-7-5-14(12-20)6-8-15)19(23)16-9-10-21-18(11-16)24-17-3-2-4-17/h5-11,17H,2-4,13H2,1H3.